The topological polar surface area (TPSA) is 43.8 Å². The van der Waals surface area contributed by atoms with Gasteiger partial charge in [-0.25, -0.2) is 4.68 Å². The van der Waals surface area contributed by atoms with Gasteiger partial charge in [0.15, 0.2) is 0 Å². The van der Waals surface area contributed by atoms with Crippen LogP contribution < -0.4 is 5.73 Å². The summed E-state index contributed by atoms with van der Waals surface area (Å²) < 4.78 is 1.85. The van der Waals surface area contributed by atoms with Crippen LogP contribution in [0.1, 0.15) is 5.56 Å². The number of benzene rings is 2. The van der Waals surface area contributed by atoms with Crippen molar-refractivity contribution in [2.75, 3.05) is 0 Å². The van der Waals surface area contributed by atoms with Gasteiger partial charge in [0, 0.05) is 23.3 Å². The summed E-state index contributed by atoms with van der Waals surface area (Å²) >= 11 is 6.01. The van der Waals surface area contributed by atoms with Crippen LogP contribution in [0.25, 0.3) is 16.8 Å². The van der Waals surface area contributed by atoms with Crippen LogP contribution in [0.2, 0.25) is 5.02 Å². The minimum atomic E-state index is 0.451. The lowest BCUT2D eigenvalue weighted by atomic mass is 10.0. The quantitative estimate of drug-likeness (QED) is 0.797. The van der Waals surface area contributed by atoms with Crippen molar-refractivity contribution in [2.24, 2.45) is 5.73 Å². The summed E-state index contributed by atoms with van der Waals surface area (Å²) in [6, 6.07) is 15.8. The van der Waals surface area contributed by atoms with Gasteiger partial charge < -0.3 is 5.73 Å². The first-order valence-electron chi connectivity index (χ1n) is 6.37. The van der Waals surface area contributed by atoms with Crippen molar-refractivity contribution < 1.29 is 0 Å². The van der Waals surface area contributed by atoms with Crippen LogP contribution >= 0.6 is 11.6 Å². The van der Waals surface area contributed by atoms with Gasteiger partial charge in [-0.1, -0.05) is 35.9 Å². The molecule has 0 unspecified atom stereocenters. The first-order valence-corrected chi connectivity index (χ1v) is 6.74. The zero-order valence-electron chi connectivity index (χ0n) is 10.8. The third-order valence-corrected chi connectivity index (χ3v) is 3.44. The normalized spacial score (nSPS) is 10.7. The average molecular weight is 284 g/mol. The summed E-state index contributed by atoms with van der Waals surface area (Å²) in [7, 11) is 0. The van der Waals surface area contributed by atoms with E-state index in [2.05, 4.69) is 5.10 Å². The molecule has 0 bridgehead atoms. The smallest absolute Gasteiger partial charge is 0.0645 e. The van der Waals surface area contributed by atoms with Crippen molar-refractivity contribution in [1.82, 2.24) is 9.78 Å². The summed E-state index contributed by atoms with van der Waals surface area (Å²) in [5.41, 5.74) is 9.94. The Hall–Kier alpha value is -2.10. The third kappa shape index (κ3) is 2.46. The number of hydrogen-bond donors (Lipinski definition) is 1. The minimum absolute atomic E-state index is 0.451. The summed E-state index contributed by atoms with van der Waals surface area (Å²) in [6.07, 6.45) is 3.84. The zero-order chi connectivity index (χ0) is 13.9. The van der Waals surface area contributed by atoms with Crippen LogP contribution in [0.5, 0.6) is 0 Å². The van der Waals surface area contributed by atoms with Crippen LogP contribution in [0.4, 0.5) is 0 Å². The number of hydrogen-bond acceptors (Lipinski definition) is 2. The van der Waals surface area contributed by atoms with E-state index >= 15 is 0 Å². The predicted molar refractivity (Wildman–Crippen MR) is 81.9 cm³/mol. The highest BCUT2D eigenvalue weighted by Crippen LogP contribution is 2.26. The van der Waals surface area contributed by atoms with Gasteiger partial charge in [0.25, 0.3) is 0 Å². The van der Waals surface area contributed by atoms with E-state index < -0.39 is 0 Å². The number of nitrogens with zero attached hydrogens (tertiary/aromatic N) is 2. The van der Waals surface area contributed by atoms with Crippen molar-refractivity contribution in [3.8, 4) is 16.8 Å². The van der Waals surface area contributed by atoms with Gasteiger partial charge in [-0.05, 0) is 35.4 Å². The minimum Gasteiger partial charge on any atom is -0.326 e. The molecule has 0 radical (unpaired) electrons. The Labute approximate surface area is 122 Å². The molecule has 20 heavy (non-hydrogen) atoms. The van der Waals surface area contributed by atoms with Gasteiger partial charge >= 0.3 is 0 Å². The van der Waals surface area contributed by atoms with Gasteiger partial charge in [0.1, 0.15) is 0 Å². The summed E-state index contributed by atoms with van der Waals surface area (Å²) in [5.74, 6) is 0. The number of aromatic nitrogens is 2. The molecule has 3 nitrogen and oxygen atoms in total. The molecule has 0 spiro atoms. The van der Waals surface area contributed by atoms with E-state index in [1.807, 2.05) is 65.6 Å². The molecule has 2 aromatic carbocycles. The van der Waals surface area contributed by atoms with Crippen molar-refractivity contribution in [1.29, 1.82) is 0 Å². The second-order valence-corrected chi connectivity index (χ2v) is 4.95. The molecule has 0 saturated carbocycles. The highest BCUT2D eigenvalue weighted by atomic mass is 35.5. The molecule has 0 saturated heterocycles. The fourth-order valence-electron chi connectivity index (χ4n) is 2.20. The molecule has 0 aliphatic heterocycles. The molecule has 4 heteroatoms. The lowest BCUT2D eigenvalue weighted by Crippen LogP contribution is -1.98. The first-order chi connectivity index (χ1) is 9.78. The lowest BCUT2D eigenvalue weighted by Gasteiger charge is -2.06. The maximum atomic E-state index is 6.01. The van der Waals surface area contributed by atoms with E-state index in [4.69, 9.17) is 17.3 Å². The van der Waals surface area contributed by atoms with E-state index in [0.29, 0.717) is 11.6 Å². The van der Waals surface area contributed by atoms with E-state index in [0.717, 1.165) is 22.4 Å². The number of halogens is 1. The van der Waals surface area contributed by atoms with Gasteiger partial charge in [-0.15, -0.1) is 0 Å². The number of para-hydroxylation sites is 1. The molecule has 100 valence electrons. The second kappa shape index (κ2) is 5.49. The largest absolute Gasteiger partial charge is 0.326 e. The van der Waals surface area contributed by atoms with Crippen LogP contribution in [-0.4, -0.2) is 9.78 Å². The molecule has 0 fully saturated rings. The molecule has 2 N–H and O–H groups in total. The van der Waals surface area contributed by atoms with E-state index in [1.165, 1.54) is 0 Å². The molecule has 0 amide bonds. The van der Waals surface area contributed by atoms with Crippen molar-refractivity contribution >= 4 is 11.6 Å². The Kier molecular flexibility index (Phi) is 3.54. The van der Waals surface area contributed by atoms with Crippen molar-refractivity contribution in [2.45, 2.75) is 6.54 Å². The molecule has 1 aromatic heterocycles. The molecule has 0 aliphatic rings. The Morgan fingerprint density at radius 2 is 1.90 bits per heavy atom. The Morgan fingerprint density at radius 1 is 1.10 bits per heavy atom. The molecule has 1 heterocycles. The second-order valence-electron chi connectivity index (χ2n) is 4.51. The fraction of sp³-hybridized carbons (Fsp3) is 0.0625. The highest BCUT2D eigenvalue weighted by Gasteiger charge is 2.08. The lowest BCUT2D eigenvalue weighted by molar-refractivity contribution is 0.881. The van der Waals surface area contributed by atoms with Crippen LogP contribution in [0.15, 0.2) is 60.9 Å². The first kappa shape index (κ1) is 12.9. The van der Waals surface area contributed by atoms with Crippen LogP contribution in [0, 0.1) is 0 Å². The molecule has 0 atom stereocenters. The SMILES string of the molecule is NCc1cc(Cl)ccc1-c1cnn(-c2ccccc2)c1. The van der Waals surface area contributed by atoms with Gasteiger partial charge in [-0.2, -0.15) is 5.10 Å². The summed E-state index contributed by atoms with van der Waals surface area (Å²) in [5, 5.41) is 5.10. The number of rotatable bonds is 3. The van der Waals surface area contributed by atoms with Gasteiger partial charge in [-0.3, -0.25) is 0 Å². The van der Waals surface area contributed by atoms with E-state index in [9.17, 15) is 0 Å². The van der Waals surface area contributed by atoms with E-state index in [1.54, 1.807) is 0 Å². The Morgan fingerprint density at radius 3 is 2.65 bits per heavy atom. The highest BCUT2D eigenvalue weighted by molar-refractivity contribution is 6.30. The van der Waals surface area contributed by atoms with Crippen LogP contribution in [-0.2, 0) is 6.54 Å². The number of nitrogens with two attached hydrogens (primary N) is 1. The molecule has 3 rings (SSSR count). The van der Waals surface area contributed by atoms with Gasteiger partial charge in [0.05, 0.1) is 11.9 Å². The Balaban J connectivity index is 2.02. The fourth-order valence-corrected chi connectivity index (χ4v) is 2.39. The molecular formula is C16H14ClN3. The standard InChI is InChI=1S/C16H14ClN3/c17-14-6-7-16(12(8-14)9-18)13-10-19-20(11-13)15-4-2-1-3-5-15/h1-8,10-11H,9,18H2. The van der Waals surface area contributed by atoms with Crippen LogP contribution in [0.3, 0.4) is 0 Å². The Bertz CT molecular complexity index is 720. The van der Waals surface area contributed by atoms with E-state index in [-0.39, 0.29) is 0 Å². The van der Waals surface area contributed by atoms with Crippen molar-refractivity contribution in [3.63, 3.8) is 0 Å². The van der Waals surface area contributed by atoms with Crippen molar-refractivity contribution in [3.05, 3.63) is 71.5 Å². The molecule has 0 aliphatic carbocycles. The van der Waals surface area contributed by atoms with Gasteiger partial charge in [0.2, 0.25) is 0 Å². The maximum Gasteiger partial charge on any atom is 0.0645 e. The summed E-state index contributed by atoms with van der Waals surface area (Å²) in [4.78, 5) is 0. The zero-order valence-corrected chi connectivity index (χ0v) is 11.6. The molecular weight excluding hydrogens is 270 g/mol. The monoisotopic (exact) mass is 283 g/mol. The molecule has 3 aromatic rings. The predicted octanol–water partition coefficient (Wildman–Crippen LogP) is 3.65. The average Bonchev–Trinajstić information content (AvgIpc) is 2.97. The third-order valence-electron chi connectivity index (χ3n) is 3.20. The summed E-state index contributed by atoms with van der Waals surface area (Å²) in [6.45, 7) is 0.451. The maximum absolute atomic E-state index is 6.01.